The van der Waals surface area contributed by atoms with Gasteiger partial charge < -0.3 is 15.0 Å². The number of nitrogens with one attached hydrogen (secondary N) is 1. The standard InChI is InChI=1S/C18H20N2O3/c1-20(13-14-6-4-3-5-7-14)17(21)12-19-16-10-8-15(9-11-16)18(22)23-2/h3-11,19H,12-13H2,1-2H3. The van der Waals surface area contributed by atoms with Crippen LogP contribution in [0.3, 0.4) is 0 Å². The summed E-state index contributed by atoms with van der Waals surface area (Å²) in [5.74, 6) is -0.388. The number of methoxy groups -OCH3 is 1. The number of likely N-dealkylation sites (N-methyl/N-ethyl adjacent to an activating group) is 1. The lowest BCUT2D eigenvalue weighted by atomic mass is 10.2. The monoisotopic (exact) mass is 312 g/mol. The lowest BCUT2D eigenvalue weighted by Gasteiger charge is -2.18. The van der Waals surface area contributed by atoms with Crippen molar-refractivity contribution in [3.05, 3.63) is 65.7 Å². The first-order valence-electron chi connectivity index (χ1n) is 7.30. The van der Waals surface area contributed by atoms with Gasteiger partial charge in [-0.25, -0.2) is 4.79 Å². The zero-order chi connectivity index (χ0) is 16.7. The normalized spacial score (nSPS) is 10.0. The molecule has 0 spiro atoms. The first-order valence-corrected chi connectivity index (χ1v) is 7.30. The molecule has 0 aliphatic carbocycles. The Morgan fingerprint density at radius 1 is 1.04 bits per heavy atom. The van der Waals surface area contributed by atoms with E-state index in [0.717, 1.165) is 11.3 Å². The van der Waals surface area contributed by atoms with Crippen molar-refractivity contribution in [2.45, 2.75) is 6.54 Å². The van der Waals surface area contributed by atoms with Crippen molar-refractivity contribution in [1.29, 1.82) is 0 Å². The van der Waals surface area contributed by atoms with Crippen molar-refractivity contribution in [3.8, 4) is 0 Å². The van der Waals surface area contributed by atoms with Gasteiger partial charge in [0.05, 0.1) is 19.2 Å². The minimum Gasteiger partial charge on any atom is -0.465 e. The van der Waals surface area contributed by atoms with Crippen LogP contribution in [0.4, 0.5) is 5.69 Å². The molecule has 0 atom stereocenters. The zero-order valence-electron chi connectivity index (χ0n) is 13.3. The molecule has 2 rings (SSSR count). The predicted molar refractivity (Wildman–Crippen MR) is 89.2 cm³/mol. The molecule has 1 N–H and O–H groups in total. The molecule has 0 aliphatic rings. The molecule has 0 aliphatic heterocycles. The molecule has 120 valence electrons. The highest BCUT2D eigenvalue weighted by Crippen LogP contribution is 2.10. The maximum atomic E-state index is 12.1. The molecule has 2 aromatic carbocycles. The Morgan fingerprint density at radius 2 is 1.70 bits per heavy atom. The Labute approximate surface area is 135 Å². The summed E-state index contributed by atoms with van der Waals surface area (Å²) >= 11 is 0. The van der Waals surface area contributed by atoms with Crippen molar-refractivity contribution in [1.82, 2.24) is 4.90 Å². The van der Waals surface area contributed by atoms with E-state index in [2.05, 4.69) is 10.1 Å². The lowest BCUT2D eigenvalue weighted by Crippen LogP contribution is -2.31. The van der Waals surface area contributed by atoms with Crippen molar-refractivity contribution in [2.24, 2.45) is 0 Å². The molecule has 5 heteroatoms. The Morgan fingerprint density at radius 3 is 2.30 bits per heavy atom. The van der Waals surface area contributed by atoms with Crippen molar-refractivity contribution < 1.29 is 14.3 Å². The van der Waals surface area contributed by atoms with Crippen molar-refractivity contribution in [2.75, 3.05) is 26.0 Å². The summed E-state index contributed by atoms with van der Waals surface area (Å²) in [6, 6.07) is 16.6. The number of nitrogens with zero attached hydrogens (tertiary/aromatic N) is 1. The molecule has 0 bridgehead atoms. The molecule has 2 aromatic rings. The Bertz CT molecular complexity index is 654. The quantitative estimate of drug-likeness (QED) is 0.833. The van der Waals surface area contributed by atoms with Crippen LogP contribution in [-0.4, -0.2) is 37.5 Å². The predicted octanol–water partition coefficient (Wildman–Crippen LogP) is 2.54. The number of esters is 1. The van der Waals surface area contributed by atoms with E-state index in [1.54, 1.807) is 36.2 Å². The number of benzene rings is 2. The number of carbonyl (C=O) groups is 2. The summed E-state index contributed by atoms with van der Waals surface area (Å²) < 4.78 is 4.64. The van der Waals surface area contributed by atoms with E-state index in [1.807, 2.05) is 30.3 Å². The van der Waals surface area contributed by atoms with E-state index in [9.17, 15) is 9.59 Å². The van der Waals surface area contributed by atoms with E-state index >= 15 is 0 Å². The van der Waals surface area contributed by atoms with E-state index in [4.69, 9.17) is 0 Å². The second kappa shape index (κ2) is 7.98. The fourth-order valence-corrected chi connectivity index (χ4v) is 2.10. The van der Waals surface area contributed by atoms with Crippen LogP contribution in [0.15, 0.2) is 54.6 Å². The largest absolute Gasteiger partial charge is 0.465 e. The Kier molecular flexibility index (Phi) is 5.74. The number of hydrogen-bond acceptors (Lipinski definition) is 4. The summed E-state index contributed by atoms with van der Waals surface area (Å²) in [5.41, 5.74) is 2.34. The highest BCUT2D eigenvalue weighted by Gasteiger charge is 2.09. The molecule has 5 nitrogen and oxygen atoms in total. The minimum atomic E-state index is -0.379. The van der Waals surface area contributed by atoms with Crippen LogP contribution in [0, 0.1) is 0 Å². The fraction of sp³-hybridized carbons (Fsp3) is 0.222. The highest BCUT2D eigenvalue weighted by molar-refractivity contribution is 5.89. The SMILES string of the molecule is COC(=O)c1ccc(NCC(=O)N(C)Cc2ccccc2)cc1. The summed E-state index contributed by atoms with van der Waals surface area (Å²) in [6.07, 6.45) is 0. The van der Waals surface area contributed by atoms with E-state index in [-0.39, 0.29) is 18.4 Å². The van der Waals surface area contributed by atoms with Gasteiger partial charge in [-0.1, -0.05) is 30.3 Å². The maximum Gasteiger partial charge on any atom is 0.337 e. The number of hydrogen-bond donors (Lipinski definition) is 1. The molecular weight excluding hydrogens is 292 g/mol. The van der Waals surface area contributed by atoms with Gasteiger partial charge in [-0.2, -0.15) is 0 Å². The van der Waals surface area contributed by atoms with Gasteiger partial charge in [0.25, 0.3) is 0 Å². The van der Waals surface area contributed by atoms with Crippen LogP contribution in [0.2, 0.25) is 0 Å². The van der Waals surface area contributed by atoms with E-state index in [0.29, 0.717) is 12.1 Å². The minimum absolute atomic E-state index is 0.00843. The van der Waals surface area contributed by atoms with Gasteiger partial charge in [0, 0.05) is 19.3 Å². The lowest BCUT2D eigenvalue weighted by molar-refractivity contribution is -0.128. The smallest absolute Gasteiger partial charge is 0.337 e. The highest BCUT2D eigenvalue weighted by atomic mass is 16.5. The Balaban J connectivity index is 1.85. The third kappa shape index (κ3) is 4.85. The molecule has 0 saturated carbocycles. The van der Waals surface area contributed by atoms with Crippen LogP contribution in [0.25, 0.3) is 0 Å². The van der Waals surface area contributed by atoms with Crippen LogP contribution in [0.5, 0.6) is 0 Å². The zero-order valence-corrected chi connectivity index (χ0v) is 13.3. The van der Waals surface area contributed by atoms with Gasteiger partial charge >= 0.3 is 5.97 Å². The van der Waals surface area contributed by atoms with Gasteiger partial charge in [0.2, 0.25) is 5.91 Å². The number of rotatable bonds is 6. The van der Waals surface area contributed by atoms with E-state index in [1.165, 1.54) is 7.11 Å². The second-order valence-corrected chi connectivity index (χ2v) is 5.16. The number of amides is 1. The van der Waals surface area contributed by atoms with Gasteiger partial charge in [-0.3, -0.25) is 4.79 Å². The van der Waals surface area contributed by atoms with Crippen LogP contribution >= 0.6 is 0 Å². The molecule has 1 amide bonds. The average Bonchev–Trinajstić information content (AvgIpc) is 2.60. The molecule has 0 aromatic heterocycles. The first kappa shape index (κ1) is 16.5. The number of carbonyl (C=O) groups excluding carboxylic acids is 2. The van der Waals surface area contributed by atoms with Gasteiger partial charge in [0.15, 0.2) is 0 Å². The van der Waals surface area contributed by atoms with E-state index < -0.39 is 0 Å². The maximum absolute atomic E-state index is 12.1. The third-order valence-electron chi connectivity index (χ3n) is 3.44. The average molecular weight is 312 g/mol. The van der Waals surface area contributed by atoms with Gasteiger partial charge in [-0.15, -0.1) is 0 Å². The summed E-state index contributed by atoms with van der Waals surface area (Å²) in [4.78, 5) is 25.2. The van der Waals surface area contributed by atoms with Crippen LogP contribution in [0.1, 0.15) is 15.9 Å². The fourth-order valence-electron chi connectivity index (χ4n) is 2.10. The van der Waals surface area contributed by atoms with Crippen LogP contribution < -0.4 is 5.32 Å². The van der Waals surface area contributed by atoms with Crippen molar-refractivity contribution >= 4 is 17.6 Å². The topological polar surface area (TPSA) is 58.6 Å². The molecule has 0 radical (unpaired) electrons. The van der Waals surface area contributed by atoms with Gasteiger partial charge in [-0.05, 0) is 29.8 Å². The molecule has 0 heterocycles. The number of ether oxygens (including phenoxy) is 1. The summed E-state index contributed by atoms with van der Waals surface area (Å²) in [6.45, 7) is 0.767. The molecule has 23 heavy (non-hydrogen) atoms. The van der Waals surface area contributed by atoms with Gasteiger partial charge in [0.1, 0.15) is 0 Å². The third-order valence-corrected chi connectivity index (χ3v) is 3.44. The summed E-state index contributed by atoms with van der Waals surface area (Å²) in [7, 11) is 3.12. The molecule has 0 fully saturated rings. The molecule has 0 saturated heterocycles. The summed E-state index contributed by atoms with van der Waals surface area (Å²) in [5, 5.41) is 3.05. The first-order chi connectivity index (χ1) is 11.1. The van der Waals surface area contributed by atoms with Crippen molar-refractivity contribution in [3.63, 3.8) is 0 Å². The Hall–Kier alpha value is -2.82. The van der Waals surface area contributed by atoms with Crippen LogP contribution in [-0.2, 0) is 16.1 Å². The number of anilines is 1. The molecule has 0 unspecified atom stereocenters. The molecular formula is C18H20N2O3. The second-order valence-electron chi connectivity index (χ2n) is 5.16.